The summed E-state index contributed by atoms with van der Waals surface area (Å²) >= 11 is 1.62. The third-order valence-electron chi connectivity index (χ3n) is 5.04. The molecule has 8 nitrogen and oxygen atoms in total. The molecule has 1 N–H and O–H groups in total. The van der Waals surface area contributed by atoms with Crippen molar-refractivity contribution in [3.63, 3.8) is 0 Å². The van der Waals surface area contributed by atoms with Crippen molar-refractivity contribution in [1.82, 2.24) is 25.3 Å². The summed E-state index contributed by atoms with van der Waals surface area (Å²) in [5.41, 5.74) is 2.50. The molecule has 1 saturated heterocycles. The van der Waals surface area contributed by atoms with Crippen LogP contribution >= 0.6 is 11.3 Å². The van der Waals surface area contributed by atoms with E-state index in [0.29, 0.717) is 38.5 Å². The van der Waals surface area contributed by atoms with Gasteiger partial charge in [-0.1, -0.05) is 25.9 Å². The maximum atomic E-state index is 12.6. The number of hydrogen-bond acceptors (Lipinski definition) is 6. The second-order valence-electron chi connectivity index (χ2n) is 8.40. The van der Waals surface area contributed by atoms with Gasteiger partial charge in [0.25, 0.3) is 0 Å². The largest absolute Gasteiger partial charge is 0.361 e. The highest BCUT2D eigenvalue weighted by Gasteiger charge is 2.26. The van der Waals surface area contributed by atoms with E-state index in [9.17, 15) is 9.59 Å². The van der Waals surface area contributed by atoms with Crippen LogP contribution < -0.4 is 5.32 Å². The maximum Gasteiger partial charge on any atom is 0.317 e. The van der Waals surface area contributed by atoms with Gasteiger partial charge in [0, 0.05) is 42.5 Å². The van der Waals surface area contributed by atoms with E-state index >= 15 is 0 Å². The van der Waals surface area contributed by atoms with Gasteiger partial charge in [0.05, 0.1) is 29.4 Å². The van der Waals surface area contributed by atoms with E-state index in [2.05, 4.69) is 36.2 Å². The Labute approximate surface area is 175 Å². The molecule has 2 aromatic heterocycles. The molecular weight excluding hydrogens is 390 g/mol. The van der Waals surface area contributed by atoms with Crippen molar-refractivity contribution in [2.24, 2.45) is 0 Å². The molecule has 0 aromatic carbocycles. The van der Waals surface area contributed by atoms with Gasteiger partial charge in [-0.05, 0) is 13.8 Å². The van der Waals surface area contributed by atoms with E-state index in [0.717, 1.165) is 22.0 Å². The highest BCUT2D eigenvalue weighted by Crippen LogP contribution is 2.25. The predicted octanol–water partition coefficient (Wildman–Crippen LogP) is 2.64. The molecule has 9 heteroatoms. The predicted molar refractivity (Wildman–Crippen MR) is 111 cm³/mol. The number of hydrogen-bond donors (Lipinski definition) is 1. The van der Waals surface area contributed by atoms with Crippen LogP contribution in [0.2, 0.25) is 0 Å². The van der Waals surface area contributed by atoms with E-state index in [-0.39, 0.29) is 23.8 Å². The second kappa shape index (κ2) is 8.52. The standard InChI is InChI=1S/C20H29N5O3S/c1-13-16(14(2)28-23-13)10-17(26)24-6-8-25(9-7-24)19(27)21-11-15-12-29-18(22-15)20(3,4)5/h12H,6-11H2,1-5H3,(H,21,27). The van der Waals surface area contributed by atoms with Crippen molar-refractivity contribution < 1.29 is 14.1 Å². The van der Waals surface area contributed by atoms with Gasteiger partial charge in [-0.2, -0.15) is 0 Å². The third-order valence-corrected chi connectivity index (χ3v) is 6.36. The molecule has 1 fully saturated rings. The Hall–Kier alpha value is -2.42. The molecule has 2 aromatic rings. The molecule has 1 aliphatic heterocycles. The average Bonchev–Trinajstić information content (AvgIpc) is 3.28. The number of rotatable bonds is 4. The molecule has 158 valence electrons. The number of urea groups is 1. The number of piperazine rings is 1. The van der Waals surface area contributed by atoms with Crippen LogP contribution in [0, 0.1) is 13.8 Å². The Kier molecular flexibility index (Phi) is 6.26. The highest BCUT2D eigenvalue weighted by atomic mass is 32.1. The van der Waals surface area contributed by atoms with Crippen LogP contribution in [0.1, 0.15) is 48.5 Å². The summed E-state index contributed by atoms with van der Waals surface area (Å²) in [5.74, 6) is 0.724. The lowest BCUT2D eigenvalue weighted by Gasteiger charge is -2.34. The summed E-state index contributed by atoms with van der Waals surface area (Å²) in [7, 11) is 0. The first-order chi connectivity index (χ1) is 13.6. The molecule has 0 spiro atoms. The van der Waals surface area contributed by atoms with Crippen LogP contribution in [0.25, 0.3) is 0 Å². The number of nitrogens with zero attached hydrogens (tertiary/aromatic N) is 4. The fourth-order valence-corrected chi connectivity index (χ4v) is 4.09. The minimum atomic E-state index is -0.117. The number of carbonyl (C=O) groups excluding carboxylic acids is 2. The van der Waals surface area contributed by atoms with Gasteiger partial charge in [-0.3, -0.25) is 4.79 Å². The lowest BCUT2D eigenvalue weighted by atomic mass is 9.98. The van der Waals surface area contributed by atoms with Crippen LogP contribution in [0.4, 0.5) is 4.79 Å². The molecule has 3 heterocycles. The summed E-state index contributed by atoms with van der Waals surface area (Å²) in [6.45, 7) is 12.5. The van der Waals surface area contributed by atoms with E-state index in [4.69, 9.17) is 4.52 Å². The van der Waals surface area contributed by atoms with Gasteiger partial charge in [-0.15, -0.1) is 11.3 Å². The molecule has 0 bridgehead atoms. The summed E-state index contributed by atoms with van der Waals surface area (Å²) in [6.07, 6.45) is 0.285. The fourth-order valence-electron chi connectivity index (χ4n) is 3.19. The second-order valence-corrected chi connectivity index (χ2v) is 9.26. The zero-order valence-electron chi connectivity index (χ0n) is 17.7. The minimum Gasteiger partial charge on any atom is -0.361 e. The number of thiazole rings is 1. The quantitative estimate of drug-likeness (QED) is 0.823. The van der Waals surface area contributed by atoms with Gasteiger partial charge in [0.15, 0.2) is 0 Å². The summed E-state index contributed by atoms with van der Waals surface area (Å²) in [4.78, 5) is 33.2. The van der Waals surface area contributed by atoms with Crippen molar-refractivity contribution in [3.8, 4) is 0 Å². The van der Waals surface area contributed by atoms with Crippen LogP contribution in [0.3, 0.4) is 0 Å². The van der Waals surface area contributed by atoms with Gasteiger partial charge in [0.2, 0.25) is 5.91 Å². The van der Waals surface area contributed by atoms with Crippen LogP contribution in [-0.4, -0.2) is 58.1 Å². The molecule has 0 saturated carbocycles. The molecule has 1 aliphatic rings. The van der Waals surface area contributed by atoms with Crippen molar-refractivity contribution in [2.75, 3.05) is 26.2 Å². The number of carbonyl (C=O) groups is 2. The molecule has 0 unspecified atom stereocenters. The molecule has 3 rings (SSSR count). The van der Waals surface area contributed by atoms with Crippen LogP contribution in [0.15, 0.2) is 9.90 Å². The SMILES string of the molecule is Cc1noc(C)c1CC(=O)N1CCN(C(=O)NCc2csc(C(C)(C)C)n2)CC1. The fraction of sp³-hybridized carbons (Fsp3) is 0.600. The van der Waals surface area contributed by atoms with E-state index < -0.39 is 0 Å². The first-order valence-electron chi connectivity index (χ1n) is 9.82. The Morgan fingerprint density at radius 1 is 1.17 bits per heavy atom. The van der Waals surface area contributed by atoms with E-state index in [1.165, 1.54) is 0 Å². The lowest BCUT2D eigenvalue weighted by Crippen LogP contribution is -2.53. The topological polar surface area (TPSA) is 91.6 Å². The summed E-state index contributed by atoms with van der Waals surface area (Å²) in [5, 5.41) is 9.89. The molecular formula is C20H29N5O3S. The van der Waals surface area contributed by atoms with Crippen molar-refractivity contribution in [3.05, 3.63) is 33.1 Å². The smallest absolute Gasteiger partial charge is 0.317 e. The molecule has 0 radical (unpaired) electrons. The van der Waals surface area contributed by atoms with Gasteiger partial charge in [-0.25, -0.2) is 9.78 Å². The summed E-state index contributed by atoms with van der Waals surface area (Å²) < 4.78 is 5.13. The average molecular weight is 420 g/mol. The molecule has 0 aliphatic carbocycles. The molecule has 3 amide bonds. The van der Waals surface area contributed by atoms with Crippen LogP contribution in [-0.2, 0) is 23.2 Å². The zero-order valence-corrected chi connectivity index (χ0v) is 18.6. The summed E-state index contributed by atoms with van der Waals surface area (Å²) in [6, 6.07) is -0.117. The van der Waals surface area contributed by atoms with Gasteiger partial charge in [0.1, 0.15) is 5.76 Å². The van der Waals surface area contributed by atoms with Crippen molar-refractivity contribution in [2.45, 2.75) is 53.0 Å². The number of aromatic nitrogens is 2. The molecule has 29 heavy (non-hydrogen) atoms. The maximum absolute atomic E-state index is 12.6. The lowest BCUT2D eigenvalue weighted by molar-refractivity contribution is -0.131. The van der Waals surface area contributed by atoms with E-state index in [1.54, 1.807) is 21.1 Å². The Bertz CT molecular complexity index is 856. The van der Waals surface area contributed by atoms with Crippen LogP contribution in [0.5, 0.6) is 0 Å². The minimum absolute atomic E-state index is 0.0133. The first kappa shape index (κ1) is 21.3. The Morgan fingerprint density at radius 3 is 2.38 bits per heavy atom. The third kappa shape index (κ3) is 5.14. The Balaban J connectivity index is 1.45. The zero-order chi connectivity index (χ0) is 21.2. The van der Waals surface area contributed by atoms with Crippen molar-refractivity contribution in [1.29, 1.82) is 0 Å². The first-order valence-corrected chi connectivity index (χ1v) is 10.7. The van der Waals surface area contributed by atoms with E-state index in [1.807, 2.05) is 19.2 Å². The van der Waals surface area contributed by atoms with Gasteiger partial charge >= 0.3 is 6.03 Å². The normalized spacial score (nSPS) is 14.9. The monoisotopic (exact) mass is 419 g/mol. The number of nitrogens with one attached hydrogen (secondary N) is 1. The Morgan fingerprint density at radius 2 is 1.83 bits per heavy atom. The van der Waals surface area contributed by atoms with Gasteiger partial charge < -0.3 is 19.6 Å². The number of aryl methyl sites for hydroxylation is 2. The highest BCUT2D eigenvalue weighted by molar-refractivity contribution is 7.09. The molecule has 0 atom stereocenters. The van der Waals surface area contributed by atoms with Crippen molar-refractivity contribution >= 4 is 23.3 Å². The number of amides is 3.